The molecule has 0 N–H and O–H groups in total. The first-order valence-electron chi connectivity index (χ1n) is 8.03. The summed E-state index contributed by atoms with van der Waals surface area (Å²) in [5.41, 5.74) is 0.283. The van der Waals surface area contributed by atoms with Crippen LogP contribution in [0.5, 0.6) is 0 Å². The van der Waals surface area contributed by atoms with Gasteiger partial charge >= 0.3 is 12.1 Å². The fraction of sp³-hybridized carbons (Fsp3) is 0.200. The summed E-state index contributed by atoms with van der Waals surface area (Å²) >= 11 is 0. The second kappa shape index (κ2) is 9.07. The lowest BCUT2D eigenvalue weighted by atomic mass is 9.93. The van der Waals surface area contributed by atoms with E-state index < -0.39 is 17.7 Å². The highest BCUT2D eigenvalue weighted by molar-refractivity contribution is 6.22. The van der Waals surface area contributed by atoms with Gasteiger partial charge in [0.05, 0.1) is 26.0 Å². The molecule has 0 fully saturated rings. The third kappa shape index (κ3) is 4.70. The first-order valence-corrected chi connectivity index (χ1v) is 8.03. The van der Waals surface area contributed by atoms with Gasteiger partial charge in [0.25, 0.3) is 0 Å². The van der Waals surface area contributed by atoms with Gasteiger partial charge in [0.1, 0.15) is 18.4 Å². The van der Waals surface area contributed by atoms with Gasteiger partial charge in [-0.05, 0) is 12.1 Å². The standard InChI is InChI=1S/C20H18F3NO4/c1-26-12-17(19(25)27-2)15-9-4-5-10-16(15)18(24-28-3)13-7-6-8-14(11-13)20(21,22)23/h4-12H,1-3H3/b17-12+,24-18+. The molecule has 0 amide bonds. The molecule has 0 saturated heterocycles. The Morgan fingerprint density at radius 2 is 1.68 bits per heavy atom. The topological polar surface area (TPSA) is 57.1 Å². The number of alkyl halides is 3. The number of methoxy groups -OCH3 is 2. The molecule has 2 aromatic carbocycles. The summed E-state index contributed by atoms with van der Waals surface area (Å²) in [6, 6.07) is 11.2. The summed E-state index contributed by atoms with van der Waals surface area (Å²) in [6.07, 6.45) is -3.32. The van der Waals surface area contributed by atoms with Crippen molar-refractivity contribution in [2.45, 2.75) is 6.18 Å². The maximum Gasteiger partial charge on any atom is 0.416 e. The minimum absolute atomic E-state index is 0.0800. The number of hydrogen-bond acceptors (Lipinski definition) is 5. The van der Waals surface area contributed by atoms with Crippen LogP contribution in [0.15, 0.2) is 59.9 Å². The molecule has 28 heavy (non-hydrogen) atoms. The fourth-order valence-electron chi connectivity index (χ4n) is 2.57. The highest BCUT2D eigenvalue weighted by Crippen LogP contribution is 2.31. The predicted molar refractivity (Wildman–Crippen MR) is 97.5 cm³/mol. The highest BCUT2D eigenvalue weighted by Gasteiger charge is 2.31. The second-order valence-corrected chi connectivity index (χ2v) is 5.51. The molecule has 0 unspecified atom stereocenters. The number of carbonyl (C=O) groups excluding carboxylic acids is 1. The van der Waals surface area contributed by atoms with Crippen LogP contribution in [0.25, 0.3) is 5.57 Å². The van der Waals surface area contributed by atoms with Gasteiger partial charge in [-0.3, -0.25) is 0 Å². The van der Waals surface area contributed by atoms with Crippen LogP contribution in [0.2, 0.25) is 0 Å². The number of carbonyl (C=O) groups is 1. The van der Waals surface area contributed by atoms with Gasteiger partial charge in [-0.2, -0.15) is 13.2 Å². The van der Waals surface area contributed by atoms with Crippen molar-refractivity contribution < 1.29 is 32.3 Å². The van der Waals surface area contributed by atoms with Crippen molar-refractivity contribution in [1.29, 1.82) is 0 Å². The van der Waals surface area contributed by atoms with E-state index in [1.165, 1.54) is 39.7 Å². The van der Waals surface area contributed by atoms with Crippen LogP contribution in [0.3, 0.4) is 0 Å². The maximum absolute atomic E-state index is 13.1. The minimum Gasteiger partial charge on any atom is -0.503 e. The number of nitrogens with zero attached hydrogens (tertiary/aromatic N) is 1. The van der Waals surface area contributed by atoms with Crippen molar-refractivity contribution >= 4 is 17.3 Å². The van der Waals surface area contributed by atoms with E-state index in [1.807, 2.05) is 0 Å². The van der Waals surface area contributed by atoms with Crippen LogP contribution in [0.4, 0.5) is 13.2 Å². The first-order chi connectivity index (χ1) is 13.3. The highest BCUT2D eigenvalue weighted by atomic mass is 19.4. The van der Waals surface area contributed by atoms with E-state index in [4.69, 9.17) is 14.3 Å². The van der Waals surface area contributed by atoms with E-state index >= 15 is 0 Å². The van der Waals surface area contributed by atoms with E-state index in [9.17, 15) is 18.0 Å². The fourth-order valence-corrected chi connectivity index (χ4v) is 2.57. The average Bonchev–Trinajstić information content (AvgIpc) is 2.69. The predicted octanol–water partition coefficient (Wildman–Crippen LogP) is 4.26. The van der Waals surface area contributed by atoms with Gasteiger partial charge in [0.2, 0.25) is 0 Å². The van der Waals surface area contributed by atoms with Crippen LogP contribution >= 0.6 is 0 Å². The smallest absolute Gasteiger partial charge is 0.416 e. The Morgan fingerprint density at radius 1 is 1.00 bits per heavy atom. The molecule has 0 aromatic heterocycles. The Labute approximate surface area is 160 Å². The van der Waals surface area contributed by atoms with Crippen LogP contribution < -0.4 is 0 Å². The molecule has 2 rings (SSSR count). The third-order valence-electron chi connectivity index (χ3n) is 3.76. The van der Waals surface area contributed by atoms with Crippen molar-refractivity contribution in [3.05, 3.63) is 77.0 Å². The SMILES string of the molecule is CO/C=C(/C(=O)OC)c1ccccc1/C(=N/OC)c1cccc(C(F)(F)F)c1. The summed E-state index contributed by atoms with van der Waals surface area (Å²) in [5.74, 6) is -0.671. The van der Waals surface area contributed by atoms with Crippen molar-refractivity contribution in [3.63, 3.8) is 0 Å². The molecule has 0 aliphatic rings. The molecule has 0 aliphatic heterocycles. The van der Waals surface area contributed by atoms with Gasteiger partial charge < -0.3 is 14.3 Å². The molecule has 0 spiro atoms. The van der Waals surface area contributed by atoms with Gasteiger partial charge in [-0.15, -0.1) is 0 Å². The number of benzene rings is 2. The van der Waals surface area contributed by atoms with Crippen molar-refractivity contribution in [2.24, 2.45) is 5.16 Å². The lowest BCUT2D eigenvalue weighted by Gasteiger charge is -2.15. The number of oxime groups is 1. The average molecular weight is 393 g/mol. The third-order valence-corrected chi connectivity index (χ3v) is 3.76. The van der Waals surface area contributed by atoms with Crippen LogP contribution in [-0.4, -0.2) is 33.0 Å². The summed E-state index contributed by atoms with van der Waals surface area (Å²) in [5, 5.41) is 3.91. The first kappa shape index (κ1) is 21.0. The molecular formula is C20H18F3NO4. The lowest BCUT2D eigenvalue weighted by Crippen LogP contribution is -2.13. The monoisotopic (exact) mass is 393 g/mol. The zero-order valence-corrected chi connectivity index (χ0v) is 15.4. The van der Waals surface area contributed by atoms with Gasteiger partial charge in [0.15, 0.2) is 0 Å². The molecule has 0 bridgehead atoms. The second-order valence-electron chi connectivity index (χ2n) is 5.51. The number of hydrogen-bond donors (Lipinski definition) is 0. The van der Waals surface area contributed by atoms with Crippen molar-refractivity contribution in [3.8, 4) is 0 Å². The molecule has 0 heterocycles. The van der Waals surface area contributed by atoms with Gasteiger partial charge in [-0.1, -0.05) is 41.6 Å². The number of esters is 1. The van der Waals surface area contributed by atoms with E-state index in [0.29, 0.717) is 11.1 Å². The molecule has 0 radical (unpaired) electrons. The summed E-state index contributed by atoms with van der Waals surface area (Å²) in [7, 11) is 3.86. The molecular weight excluding hydrogens is 375 g/mol. The Morgan fingerprint density at radius 3 is 2.25 bits per heavy atom. The Bertz CT molecular complexity index is 904. The molecule has 0 saturated carbocycles. The molecule has 5 nitrogen and oxygen atoms in total. The summed E-state index contributed by atoms with van der Waals surface area (Å²) < 4.78 is 49.1. The van der Waals surface area contributed by atoms with E-state index in [0.717, 1.165) is 12.1 Å². The lowest BCUT2D eigenvalue weighted by molar-refractivity contribution is -0.137. The van der Waals surface area contributed by atoms with Gasteiger partial charge in [0, 0.05) is 16.7 Å². The number of rotatable bonds is 6. The van der Waals surface area contributed by atoms with Crippen LogP contribution in [-0.2, 0) is 25.3 Å². The minimum atomic E-state index is -4.51. The van der Waals surface area contributed by atoms with E-state index in [2.05, 4.69) is 5.16 Å². The Balaban J connectivity index is 2.69. The molecule has 8 heteroatoms. The number of halogens is 3. The normalized spacial score (nSPS) is 12.5. The summed E-state index contributed by atoms with van der Waals surface area (Å²) in [6.45, 7) is 0. The van der Waals surface area contributed by atoms with Crippen LogP contribution in [0, 0.1) is 0 Å². The zero-order valence-electron chi connectivity index (χ0n) is 15.4. The Kier molecular flexibility index (Phi) is 6.81. The quantitative estimate of drug-likeness (QED) is 0.242. The Hall–Kier alpha value is -3.29. The largest absolute Gasteiger partial charge is 0.503 e. The number of ether oxygens (including phenoxy) is 2. The zero-order chi connectivity index (χ0) is 20.7. The maximum atomic E-state index is 13.1. The van der Waals surface area contributed by atoms with Gasteiger partial charge in [-0.25, -0.2) is 4.79 Å². The molecule has 0 aliphatic carbocycles. The molecule has 148 valence electrons. The van der Waals surface area contributed by atoms with E-state index in [1.54, 1.807) is 24.3 Å². The summed E-state index contributed by atoms with van der Waals surface area (Å²) in [4.78, 5) is 17.0. The molecule has 2 aromatic rings. The van der Waals surface area contributed by atoms with Crippen molar-refractivity contribution in [2.75, 3.05) is 21.3 Å². The van der Waals surface area contributed by atoms with Crippen LogP contribution in [0.1, 0.15) is 22.3 Å². The molecule has 0 atom stereocenters. The van der Waals surface area contributed by atoms with Crippen molar-refractivity contribution in [1.82, 2.24) is 0 Å². The van der Waals surface area contributed by atoms with E-state index in [-0.39, 0.29) is 16.8 Å².